The first-order chi connectivity index (χ1) is 16.1. The molecule has 1 atom stereocenters. The molecule has 2 heterocycles. The summed E-state index contributed by atoms with van der Waals surface area (Å²) in [5.41, 5.74) is 1.25. The van der Waals surface area contributed by atoms with Crippen molar-refractivity contribution >= 4 is 17.4 Å². The van der Waals surface area contributed by atoms with Crippen LogP contribution in [0, 0.1) is 0 Å². The molecule has 0 radical (unpaired) electrons. The van der Waals surface area contributed by atoms with Crippen LogP contribution in [0.15, 0.2) is 48.0 Å². The van der Waals surface area contributed by atoms with Gasteiger partial charge in [0.05, 0.1) is 18.2 Å². The largest absolute Gasteiger partial charge is 0.507 e. The Kier molecular flexibility index (Phi) is 5.70. The minimum absolute atomic E-state index is 0.0435. The van der Waals surface area contributed by atoms with Crippen LogP contribution in [0.4, 0.5) is 0 Å². The van der Waals surface area contributed by atoms with E-state index < -0.39 is 17.7 Å². The minimum Gasteiger partial charge on any atom is -0.507 e. The summed E-state index contributed by atoms with van der Waals surface area (Å²) in [7, 11) is 0. The van der Waals surface area contributed by atoms with Crippen LogP contribution in [-0.2, 0) is 9.59 Å². The molecule has 2 fully saturated rings. The van der Waals surface area contributed by atoms with Crippen molar-refractivity contribution in [1.82, 2.24) is 4.90 Å². The number of likely N-dealkylation sites (tertiary alicyclic amines) is 1. The highest BCUT2D eigenvalue weighted by Crippen LogP contribution is 2.44. The number of aliphatic hydroxyl groups is 1. The quantitative estimate of drug-likeness (QED) is 0.409. The maximum Gasteiger partial charge on any atom is 0.295 e. The number of ether oxygens (including phenoxy) is 3. The Balaban J connectivity index is 1.64. The van der Waals surface area contributed by atoms with E-state index in [1.165, 1.54) is 0 Å². The predicted octanol–water partition coefficient (Wildman–Crippen LogP) is 4.57. The Morgan fingerprint density at radius 1 is 1.06 bits per heavy atom. The molecule has 7 heteroatoms. The Bertz CT molecular complexity index is 1120. The van der Waals surface area contributed by atoms with Crippen molar-refractivity contribution in [2.75, 3.05) is 13.4 Å². The molecule has 2 aromatic carbocycles. The molecule has 33 heavy (non-hydrogen) atoms. The number of nitrogens with zero attached hydrogens (tertiary/aromatic N) is 1. The molecule has 2 aliphatic heterocycles. The van der Waals surface area contributed by atoms with Gasteiger partial charge in [0.15, 0.2) is 11.5 Å². The number of carbonyl (C=O) groups is 2. The molecule has 1 saturated heterocycles. The second-order valence-electron chi connectivity index (χ2n) is 8.57. The van der Waals surface area contributed by atoms with E-state index in [-0.39, 0.29) is 24.2 Å². The van der Waals surface area contributed by atoms with Gasteiger partial charge in [-0.2, -0.15) is 0 Å². The molecule has 1 amide bonds. The number of benzene rings is 2. The number of Topliss-reactive ketones (excluding diaryl/α,β-unsaturated/α-hetero) is 1. The van der Waals surface area contributed by atoms with E-state index in [2.05, 4.69) is 0 Å². The van der Waals surface area contributed by atoms with Gasteiger partial charge in [0.25, 0.3) is 11.7 Å². The second-order valence-corrected chi connectivity index (χ2v) is 8.57. The summed E-state index contributed by atoms with van der Waals surface area (Å²) in [5.74, 6) is 0.299. The molecule has 0 spiro atoms. The molecule has 1 saturated carbocycles. The fraction of sp³-hybridized carbons (Fsp3) is 0.385. The van der Waals surface area contributed by atoms with Crippen LogP contribution in [0.25, 0.3) is 5.76 Å². The first kappa shape index (κ1) is 21.4. The normalized spacial score (nSPS) is 22.1. The number of aliphatic hydroxyl groups excluding tert-OH is 1. The average Bonchev–Trinajstić information content (AvgIpc) is 3.41. The van der Waals surface area contributed by atoms with Crippen molar-refractivity contribution in [2.45, 2.75) is 51.1 Å². The van der Waals surface area contributed by atoms with E-state index in [9.17, 15) is 14.7 Å². The average molecular weight is 450 g/mol. The molecule has 172 valence electrons. The summed E-state index contributed by atoms with van der Waals surface area (Å²) in [6.07, 6.45) is 4.85. The molecule has 3 aliphatic rings. The monoisotopic (exact) mass is 449 g/mol. The predicted molar refractivity (Wildman–Crippen MR) is 121 cm³/mol. The number of ketones is 1. The maximum absolute atomic E-state index is 13.3. The van der Waals surface area contributed by atoms with Crippen molar-refractivity contribution in [3.63, 3.8) is 0 Å². The van der Waals surface area contributed by atoms with Crippen LogP contribution in [0.1, 0.15) is 56.2 Å². The highest BCUT2D eigenvalue weighted by atomic mass is 16.7. The van der Waals surface area contributed by atoms with Gasteiger partial charge in [-0.1, -0.05) is 31.4 Å². The fourth-order valence-electron chi connectivity index (χ4n) is 5.05. The lowest BCUT2D eigenvalue weighted by molar-refractivity contribution is -0.141. The summed E-state index contributed by atoms with van der Waals surface area (Å²) in [4.78, 5) is 28.3. The Hall–Kier alpha value is -3.48. The minimum atomic E-state index is -0.682. The zero-order valence-corrected chi connectivity index (χ0v) is 18.6. The molecule has 0 bridgehead atoms. The van der Waals surface area contributed by atoms with Gasteiger partial charge in [-0.25, -0.2) is 0 Å². The van der Waals surface area contributed by atoms with Crippen molar-refractivity contribution in [2.24, 2.45) is 0 Å². The summed E-state index contributed by atoms with van der Waals surface area (Å²) in [6, 6.07) is 11.7. The van der Waals surface area contributed by atoms with Crippen molar-refractivity contribution < 1.29 is 28.9 Å². The van der Waals surface area contributed by atoms with Gasteiger partial charge >= 0.3 is 0 Å². The second kappa shape index (κ2) is 8.81. The molecule has 1 N–H and O–H groups in total. The standard InChI is InChI=1S/C26H27NO6/c1-2-31-19-10-6-7-16(13-19)23-22(24(28)17-11-12-20-21(14-17)33-15-32-20)25(29)26(30)27(23)18-8-4-3-5-9-18/h6-7,10-14,18,23,28H,2-5,8-9,15H2,1H3/b24-22-. The van der Waals surface area contributed by atoms with E-state index in [1.807, 2.05) is 31.2 Å². The lowest BCUT2D eigenvalue weighted by Crippen LogP contribution is -2.40. The van der Waals surface area contributed by atoms with Crippen molar-refractivity contribution in [1.29, 1.82) is 0 Å². The van der Waals surface area contributed by atoms with E-state index in [1.54, 1.807) is 23.1 Å². The number of hydrogen-bond acceptors (Lipinski definition) is 6. The van der Waals surface area contributed by atoms with Crippen LogP contribution >= 0.6 is 0 Å². The zero-order valence-electron chi connectivity index (χ0n) is 18.6. The molecule has 1 unspecified atom stereocenters. The molecular formula is C26H27NO6. The fourth-order valence-corrected chi connectivity index (χ4v) is 5.05. The van der Waals surface area contributed by atoms with Gasteiger partial charge in [0, 0.05) is 11.6 Å². The van der Waals surface area contributed by atoms with E-state index >= 15 is 0 Å². The van der Waals surface area contributed by atoms with E-state index in [4.69, 9.17) is 14.2 Å². The first-order valence-electron chi connectivity index (χ1n) is 11.5. The highest BCUT2D eigenvalue weighted by Gasteiger charge is 2.49. The lowest BCUT2D eigenvalue weighted by Gasteiger charge is -2.35. The Morgan fingerprint density at radius 2 is 1.85 bits per heavy atom. The first-order valence-corrected chi connectivity index (χ1v) is 11.5. The molecule has 7 nitrogen and oxygen atoms in total. The van der Waals surface area contributed by atoms with Crippen molar-refractivity contribution in [3.8, 4) is 17.2 Å². The van der Waals surface area contributed by atoms with Crippen LogP contribution < -0.4 is 14.2 Å². The number of rotatable bonds is 5. The van der Waals surface area contributed by atoms with Crippen LogP contribution in [0.5, 0.6) is 17.2 Å². The molecule has 2 aromatic rings. The van der Waals surface area contributed by atoms with Gasteiger partial charge in [-0.3, -0.25) is 9.59 Å². The maximum atomic E-state index is 13.3. The van der Waals surface area contributed by atoms with Gasteiger partial charge < -0.3 is 24.2 Å². The summed E-state index contributed by atoms with van der Waals surface area (Å²) in [5, 5.41) is 11.3. The van der Waals surface area contributed by atoms with Gasteiger partial charge in [0.1, 0.15) is 11.5 Å². The van der Waals surface area contributed by atoms with Crippen LogP contribution in [0.2, 0.25) is 0 Å². The van der Waals surface area contributed by atoms with Gasteiger partial charge in [-0.05, 0) is 55.7 Å². The van der Waals surface area contributed by atoms with Crippen LogP contribution in [-0.4, -0.2) is 41.1 Å². The zero-order chi connectivity index (χ0) is 22.9. The number of amides is 1. The number of fused-ring (bicyclic) bond motifs is 1. The summed E-state index contributed by atoms with van der Waals surface area (Å²) < 4.78 is 16.5. The van der Waals surface area contributed by atoms with Crippen molar-refractivity contribution in [3.05, 3.63) is 59.2 Å². The molecular weight excluding hydrogens is 422 g/mol. The Morgan fingerprint density at radius 3 is 2.64 bits per heavy atom. The number of hydrogen-bond donors (Lipinski definition) is 1. The van der Waals surface area contributed by atoms with Crippen LogP contribution in [0.3, 0.4) is 0 Å². The van der Waals surface area contributed by atoms with Gasteiger partial charge in [0.2, 0.25) is 6.79 Å². The topological polar surface area (TPSA) is 85.3 Å². The Labute approximate surface area is 192 Å². The third-order valence-electron chi connectivity index (χ3n) is 6.58. The molecule has 0 aromatic heterocycles. The van der Waals surface area contributed by atoms with Gasteiger partial charge in [-0.15, -0.1) is 0 Å². The van der Waals surface area contributed by atoms with E-state index in [0.29, 0.717) is 29.4 Å². The SMILES string of the molecule is CCOc1cccc(C2/C(=C(/O)c3ccc4c(c3)OCO4)C(=O)C(=O)N2C2CCCCC2)c1. The number of carbonyl (C=O) groups excluding carboxylic acids is 2. The molecule has 1 aliphatic carbocycles. The smallest absolute Gasteiger partial charge is 0.295 e. The summed E-state index contributed by atoms with van der Waals surface area (Å²) in [6.45, 7) is 2.51. The highest BCUT2D eigenvalue weighted by molar-refractivity contribution is 6.46. The lowest BCUT2D eigenvalue weighted by atomic mass is 9.91. The third-order valence-corrected chi connectivity index (χ3v) is 6.58. The third kappa shape index (κ3) is 3.81. The molecule has 5 rings (SSSR count). The van der Waals surface area contributed by atoms with E-state index in [0.717, 1.165) is 37.7 Å². The summed E-state index contributed by atoms with van der Waals surface area (Å²) >= 11 is 0.